The summed E-state index contributed by atoms with van der Waals surface area (Å²) in [5, 5.41) is 10.3. The van der Waals surface area contributed by atoms with Crippen LogP contribution >= 0.6 is 11.8 Å². The number of rotatable bonds is 4. The molecule has 4 aliphatic rings. The molecule has 37 heavy (non-hydrogen) atoms. The minimum absolute atomic E-state index is 0.142. The van der Waals surface area contributed by atoms with Crippen LogP contribution < -0.4 is 0 Å². The Morgan fingerprint density at radius 2 is 1.89 bits per heavy atom. The lowest BCUT2D eigenvalue weighted by Crippen LogP contribution is -2.59. The van der Waals surface area contributed by atoms with E-state index in [1.807, 2.05) is 74.2 Å². The van der Waals surface area contributed by atoms with E-state index in [-0.39, 0.29) is 29.6 Å². The third kappa shape index (κ3) is 4.42. The molecular weight excluding hydrogens is 488 g/mol. The number of aliphatic hydroxyl groups is 1. The van der Waals surface area contributed by atoms with Crippen LogP contribution in [0.4, 0.5) is 0 Å². The van der Waals surface area contributed by atoms with Crippen molar-refractivity contribution in [2.24, 2.45) is 11.8 Å². The van der Waals surface area contributed by atoms with Crippen LogP contribution in [-0.4, -0.2) is 80.1 Å². The van der Waals surface area contributed by atoms with Gasteiger partial charge in [-0.1, -0.05) is 54.6 Å². The first-order valence-corrected chi connectivity index (χ1v) is 14.0. The summed E-state index contributed by atoms with van der Waals surface area (Å²) >= 11 is 1.54. The van der Waals surface area contributed by atoms with Crippen molar-refractivity contribution in [1.82, 2.24) is 9.80 Å². The molecule has 1 aromatic rings. The molecule has 2 amide bonds. The van der Waals surface area contributed by atoms with E-state index in [1.165, 1.54) is 11.8 Å². The Labute approximate surface area is 222 Å². The molecule has 1 N–H and O–H groups in total. The number of ether oxygens (including phenoxy) is 1. The normalized spacial score (nSPS) is 33.5. The topological polar surface area (TPSA) is 87.2 Å². The number of thioether (sulfide) groups is 1. The van der Waals surface area contributed by atoms with Gasteiger partial charge in [-0.3, -0.25) is 14.4 Å². The molecule has 2 fully saturated rings. The Hall–Kier alpha value is -2.58. The van der Waals surface area contributed by atoms with E-state index < -0.39 is 34.2 Å². The van der Waals surface area contributed by atoms with E-state index in [9.17, 15) is 19.5 Å². The van der Waals surface area contributed by atoms with Crippen LogP contribution in [0.15, 0.2) is 54.6 Å². The van der Waals surface area contributed by atoms with E-state index in [0.29, 0.717) is 19.6 Å². The molecule has 7 nitrogen and oxygen atoms in total. The van der Waals surface area contributed by atoms with E-state index in [0.717, 1.165) is 18.4 Å². The van der Waals surface area contributed by atoms with Crippen LogP contribution in [-0.2, 0) is 25.5 Å². The average molecular weight is 525 g/mol. The molecule has 1 unspecified atom stereocenters. The number of amides is 2. The van der Waals surface area contributed by atoms with Crippen LogP contribution in [0.5, 0.6) is 0 Å². The SMILES string of the molecule is CC(C)(C)N1CC=C[C@]23S[C@@H]4/C=C\CCCOC(=O)[C@@H]4[C@H]2C(=O)N([C@@H](CO)Cc2ccccc2)C3C1=O. The maximum atomic E-state index is 14.4. The third-order valence-electron chi connectivity index (χ3n) is 8.02. The molecule has 4 aliphatic heterocycles. The van der Waals surface area contributed by atoms with Crippen LogP contribution in [0.1, 0.15) is 39.2 Å². The maximum Gasteiger partial charge on any atom is 0.311 e. The molecule has 0 aromatic heterocycles. The lowest BCUT2D eigenvalue weighted by Gasteiger charge is -2.42. The Bertz CT molecular complexity index is 1110. The maximum absolute atomic E-state index is 14.4. The summed E-state index contributed by atoms with van der Waals surface area (Å²) in [7, 11) is 0. The second-order valence-electron chi connectivity index (χ2n) is 11.4. The highest BCUT2D eigenvalue weighted by atomic mass is 32.2. The molecule has 6 atom stereocenters. The Kier molecular flexibility index (Phi) is 7.00. The number of hydrogen-bond donors (Lipinski definition) is 1. The Balaban J connectivity index is 1.63. The zero-order chi connectivity index (χ0) is 26.4. The van der Waals surface area contributed by atoms with Crippen molar-refractivity contribution in [2.75, 3.05) is 19.8 Å². The van der Waals surface area contributed by atoms with Gasteiger partial charge >= 0.3 is 5.97 Å². The Morgan fingerprint density at radius 3 is 2.59 bits per heavy atom. The van der Waals surface area contributed by atoms with Crippen molar-refractivity contribution >= 4 is 29.5 Å². The number of carbonyl (C=O) groups is 3. The van der Waals surface area contributed by atoms with Crippen LogP contribution in [0.3, 0.4) is 0 Å². The predicted molar refractivity (Wildman–Crippen MR) is 143 cm³/mol. The van der Waals surface area contributed by atoms with E-state index in [1.54, 1.807) is 4.90 Å². The molecule has 0 aliphatic carbocycles. The minimum Gasteiger partial charge on any atom is -0.465 e. The molecular formula is C29H36N2O5S. The Morgan fingerprint density at radius 1 is 1.14 bits per heavy atom. The third-order valence-corrected chi connectivity index (χ3v) is 9.76. The quantitative estimate of drug-likeness (QED) is 0.482. The molecule has 5 rings (SSSR count). The van der Waals surface area contributed by atoms with E-state index >= 15 is 0 Å². The first-order chi connectivity index (χ1) is 17.7. The molecule has 0 radical (unpaired) electrons. The fraction of sp³-hybridized carbons (Fsp3) is 0.552. The highest BCUT2D eigenvalue weighted by Crippen LogP contribution is 2.61. The molecule has 8 heteroatoms. The molecule has 2 saturated heterocycles. The second-order valence-corrected chi connectivity index (χ2v) is 12.9. The monoisotopic (exact) mass is 524 g/mol. The molecule has 0 saturated carbocycles. The highest BCUT2D eigenvalue weighted by molar-refractivity contribution is 8.02. The summed E-state index contributed by atoms with van der Waals surface area (Å²) < 4.78 is 4.71. The fourth-order valence-electron chi connectivity index (χ4n) is 6.33. The number of esters is 1. The van der Waals surface area contributed by atoms with Gasteiger partial charge in [0.05, 0.1) is 35.8 Å². The lowest BCUT2D eigenvalue weighted by molar-refractivity contribution is -0.153. The summed E-state index contributed by atoms with van der Waals surface area (Å²) in [5.74, 6) is -2.20. The number of allylic oxidation sites excluding steroid dienone is 1. The second kappa shape index (κ2) is 9.95. The van der Waals surface area contributed by atoms with Crippen molar-refractivity contribution in [3.05, 3.63) is 60.2 Å². The zero-order valence-corrected chi connectivity index (χ0v) is 22.5. The van der Waals surface area contributed by atoms with Gasteiger partial charge < -0.3 is 19.6 Å². The standard InChI is InChI=1S/C29H36N2O5S/c1-28(2,3)30-15-10-14-29-23(22-21(37-29)13-8-5-9-16-36-27(22)35)25(33)31(24(29)26(30)34)20(18-32)17-19-11-6-4-7-12-19/h4,6-8,10-14,20-24,32H,5,9,15-18H2,1-3H3/b13-8-/t20-,21-,22+,23+,24?,29+/m1/s1. The fourth-order valence-corrected chi connectivity index (χ4v) is 8.31. The van der Waals surface area contributed by atoms with Gasteiger partial charge in [-0.25, -0.2) is 0 Å². The molecule has 4 heterocycles. The van der Waals surface area contributed by atoms with E-state index in [2.05, 4.69) is 6.08 Å². The number of hydrogen-bond acceptors (Lipinski definition) is 6. The first-order valence-electron chi connectivity index (χ1n) is 13.2. The van der Waals surface area contributed by atoms with Crippen molar-refractivity contribution in [3.8, 4) is 0 Å². The lowest BCUT2D eigenvalue weighted by atomic mass is 9.78. The smallest absolute Gasteiger partial charge is 0.311 e. The predicted octanol–water partition coefficient (Wildman–Crippen LogP) is 2.98. The van der Waals surface area contributed by atoms with Crippen molar-refractivity contribution in [3.63, 3.8) is 0 Å². The molecule has 0 bridgehead atoms. The number of cyclic esters (lactones) is 1. The van der Waals surface area contributed by atoms with Gasteiger partial charge in [-0.15, -0.1) is 11.8 Å². The average Bonchev–Trinajstić information content (AvgIpc) is 3.27. The molecule has 198 valence electrons. The zero-order valence-electron chi connectivity index (χ0n) is 21.7. The number of aliphatic hydroxyl groups excluding tert-OH is 1. The number of likely N-dealkylation sites (tertiary alicyclic amines) is 1. The van der Waals surface area contributed by atoms with E-state index in [4.69, 9.17) is 4.74 Å². The van der Waals surface area contributed by atoms with Gasteiger partial charge in [0.1, 0.15) is 6.04 Å². The molecule has 1 spiro atoms. The highest BCUT2D eigenvalue weighted by Gasteiger charge is 2.72. The van der Waals surface area contributed by atoms with Gasteiger partial charge in [0, 0.05) is 17.3 Å². The number of nitrogens with zero attached hydrogens (tertiary/aromatic N) is 2. The van der Waals surface area contributed by atoms with Gasteiger partial charge in [0.15, 0.2) is 0 Å². The van der Waals surface area contributed by atoms with Crippen molar-refractivity contribution < 1.29 is 24.2 Å². The van der Waals surface area contributed by atoms with Crippen LogP contribution in [0.25, 0.3) is 0 Å². The largest absolute Gasteiger partial charge is 0.465 e. The van der Waals surface area contributed by atoms with Crippen molar-refractivity contribution in [2.45, 2.75) is 67.7 Å². The van der Waals surface area contributed by atoms with Gasteiger partial charge in [0.2, 0.25) is 11.8 Å². The number of benzene rings is 1. The summed E-state index contributed by atoms with van der Waals surface area (Å²) in [4.78, 5) is 45.6. The summed E-state index contributed by atoms with van der Waals surface area (Å²) in [6.07, 6.45) is 10.0. The van der Waals surface area contributed by atoms with Crippen LogP contribution in [0.2, 0.25) is 0 Å². The number of carbonyl (C=O) groups excluding carboxylic acids is 3. The van der Waals surface area contributed by atoms with Gasteiger partial charge in [-0.2, -0.15) is 0 Å². The minimum atomic E-state index is -0.920. The first kappa shape index (κ1) is 26.0. The van der Waals surface area contributed by atoms with Crippen molar-refractivity contribution in [1.29, 1.82) is 0 Å². The van der Waals surface area contributed by atoms with Crippen LogP contribution in [0, 0.1) is 11.8 Å². The van der Waals surface area contributed by atoms with Gasteiger partial charge in [0.25, 0.3) is 0 Å². The number of fused-ring (bicyclic) bond motifs is 2. The summed E-state index contributed by atoms with van der Waals surface area (Å²) in [5.41, 5.74) is 0.510. The summed E-state index contributed by atoms with van der Waals surface area (Å²) in [6.45, 7) is 6.43. The molecule has 1 aromatic carbocycles. The van der Waals surface area contributed by atoms with Gasteiger partial charge in [-0.05, 0) is 45.6 Å². The summed E-state index contributed by atoms with van der Waals surface area (Å²) in [6, 6.07) is 8.26.